The SMILES string of the molecule is CCN(C(=O)C1CCN(Cc2nc3ccccc3n2-c2ccc(Br)cc2)CC1)C(C)C. The summed E-state index contributed by atoms with van der Waals surface area (Å²) in [5.41, 5.74) is 3.26. The highest BCUT2D eigenvalue weighted by molar-refractivity contribution is 9.10. The van der Waals surface area contributed by atoms with Crippen molar-refractivity contribution in [2.45, 2.75) is 46.2 Å². The highest BCUT2D eigenvalue weighted by Gasteiger charge is 2.29. The number of rotatable bonds is 6. The van der Waals surface area contributed by atoms with Crippen molar-refractivity contribution in [2.75, 3.05) is 19.6 Å². The maximum atomic E-state index is 12.9. The molecule has 4 rings (SSSR count). The van der Waals surface area contributed by atoms with Gasteiger partial charge >= 0.3 is 0 Å². The molecule has 0 spiro atoms. The van der Waals surface area contributed by atoms with Crippen LogP contribution >= 0.6 is 15.9 Å². The smallest absolute Gasteiger partial charge is 0.225 e. The Morgan fingerprint density at radius 1 is 1.13 bits per heavy atom. The number of aromatic nitrogens is 2. The number of fused-ring (bicyclic) bond motifs is 1. The second-order valence-corrected chi connectivity index (χ2v) is 9.51. The molecular formula is C25H31BrN4O. The van der Waals surface area contributed by atoms with Gasteiger partial charge in [0.1, 0.15) is 5.82 Å². The van der Waals surface area contributed by atoms with Gasteiger partial charge < -0.3 is 4.90 Å². The van der Waals surface area contributed by atoms with E-state index in [1.54, 1.807) is 0 Å². The molecule has 2 heterocycles. The lowest BCUT2D eigenvalue weighted by atomic mass is 9.94. The molecule has 0 aliphatic carbocycles. The molecule has 5 nitrogen and oxygen atoms in total. The standard InChI is InChI=1S/C25H31BrN4O/c1-4-29(18(2)3)25(31)19-13-15-28(16-14-19)17-24-27-22-7-5-6-8-23(22)30(24)21-11-9-20(26)10-12-21/h5-12,18-19H,4,13-17H2,1-3H3. The first-order valence-corrected chi connectivity index (χ1v) is 12.0. The van der Waals surface area contributed by atoms with Gasteiger partial charge in [-0.2, -0.15) is 0 Å². The van der Waals surface area contributed by atoms with E-state index in [1.165, 1.54) is 0 Å². The Balaban J connectivity index is 1.52. The van der Waals surface area contributed by atoms with Crippen LogP contribution < -0.4 is 0 Å². The fraction of sp³-hybridized carbons (Fsp3) is 0.440. The molecule has 1 aromatic heterocycles. The van der Waals surface area contributed by atoms with E-state index in [0.717, 1.165) is 66.0 Å². The van der Waals surface area contributed by atoms with Crippen molar-refractivity contribution in [3.05, 3.63) is 58.8 Å². The highest BCUT2D eigenvalue weighted by atomic mass is 79.9. The number of likely N-dealkylation sites (tertiary alicyclic amines) is 1. The third-order valence-corrected chi connectivity index (χ3v) is 6.79. The molecule has 0 N–H and O–H groups in total. The molecular weight excluding hydrogens is 452 g/mol. The van der Waals surface area contributed by atoms with Gasteiger partial charge in [-0.15, -0.1) is 0 Å². The average Bonchev–Trinajstić information content (AvgIpc) is 3.13. The molecule has 3 aromatic rings. The minimum absolute atomic E-state index is 0.142. The molecule has 6 heteroatoms. The highest BCUT2D eigenvalue weighted by Crippen LogP contribution is 2.26. The number of piperidine rings is 1. The number of benzene rings is 2. The molecule has 0 atom stereocenters. The molecule has 31 heavy (non-hydrogen) atoms. The number of carbonyl (C=O) groups is 1. The van der Waals surface area contributed by atoms with E-state index in [2.05, 4.69) is 88.6 Å². The number of nitrogens with zero attached hydrogens (tertiary/aromatic N) is 4. The average molecular weight is 483 g/mol. The molecule has 1 aliphatic heterocycles. The van der Waals surface area contributed by atoms with Crippen LogP contribution in [0.2, 0.25) is 0 Å². The molecule has 1 amide bonds. The summed E-state index contributed by atoms with van der Waals surface area (Å²) in [6.45, 7) is 9.69. The summed E-state index contributed by atoms with van der Waals surface area (Å²) in [6.07, 6.45) is 1.83. The van der Waals surface area contributed by atoms with Gasteiger partial charge in [-0.05, 0) is 83.1 Å². The first kappa shape index (κ1) is 22.0. The van der Waals surface area contributed by atoms with Crippen molar-refractivity contribution >= 4 is 32.9 Å². The fourth-order valence-electron chi connectivity index (χ4n) is 4.61. The third kappa shape index (κ3) is 4.70. The lowest BCUT2D eigenvalue weighted by molar-refractivity contribution is -0.138. The first-order chi connectivity index (χ1) is 15.0. The number of imidazole rings is 1. The molecule has 0 saturated carbocycles. The topological polar surface area (TPSA) is 41.4 Å². The maximum Gasteiger partial charge on any atom is 0.225 e. The van der Waals surface area contributed by atoms with Crippen molar-refractivity contribution < 1.29 is 4.79 Å². The van der Waals surface area contributed by atoms with Gasteiger partial charge in [0, 0.05) is 28.7 Å². The van der Waals surface area contributed by atoms with E-state index in [0.29, 0.717) is 5.91 Å². The summed E-state index contributed by atoms with van der Waals surface area (Å²) in [5.74, 6) is 1.51. The zero-order valence-electron chi connectivity index (χ0n) is 18.6. The zero-order chi connectivity index (χ0) is 22.0. The Bertz CT molecular complexity index is 1040. The van der Waals surface area contributed by atoms with Crippen LogP contribution in [-0.2, 0) is 11.3 Å². The first-order valence-electron chi connectivity index (χ1n) is 11.2. The van der Waals surface area contributed by atoms with Crippen molar-refractivity contribution in [1.29, 1.82) is 0 Å². The number of carbonyl (C=O) groups excluding carboxylic acids is 1. The van der Waals surface area contributed by atoms with Gasteiger partial charge in [0.2, 0.25) is 5.91 Å². The molecule has 0 bridgehead atoms. The summed E-state index contributed by atoms with van der Waals surface area (Å²) in [5, 5.41) is 0. The van der Waals surface area contributed by atoms with Crippen LogP contribution in [0.3, 0.4) is 0 Å². The van der Waals surface area contributed by atoms with Gasteiger partial charge in [0.05, 0.1) is 17.6 Å². The van der Waals surface area contributed by atoms with Gasteiger partial charge in [-0.25, -0.2) is 4.98 Å². The maximum absolute atomic E-state index is 12.9. The zero-order valence-corrected chi connectivity index (χ0v) is 20.2. The van der Waals surface area contributed by atoms with Crippen LogP contribution in [0, 0.1) is 5.92 Å². The van der Waals surface area contributed by atoms with E-state index in [9.17, 15) is 4.79 Å². The number of amides is 1. The van der Waals surface area contributed by atoms with Crippen LogP contribution in [-0.4, -0.2) is 50.9 Å². The Morgan fingerprint density at radius 3 is 2.45 bits per heavy atom. The summed E-state index contributed by atoms with van der Waals surface area (Å²) >= 11 is 3.53. The minimum atomic E-state index is 0.142. The van der Waals surface area contributed by atoms with E-state index >= 15 is 0 Å². The summed E-state index contributed by atoms with van der Waals surface area (Å²) < 4.78 is 3.33. The molecule has 164 valence electrons. The lowest BCUT2D eigenvalue weighted by Gasteiger charge is -2.35. The number of halogens is 1. The summed E-state index contributed by atoms with van der Waals surface area (Å²) in [7, 11) is 0. The third-order valence-electron chi connectivity index (χ3n) is 6.26. The fourth-order valence-corrected chi connectivity index (χ4v) is 4.87. The second kappa shape index (κ2) is 9.53. The lowest BCUT2D eigenvalue weighted by Crippen LogP contribution is -2.45. The number of hydrogen-bond acceptors (Lipinski definition) is 3. The van der Waals surface area contributed by atoms with Crippen molar-refractivity contribution in [3.63, 3.8) is 0 Å². The Morgan fingerprint density at radius 2 is 1.81 bits per heavy atom. The van der Waals surface area contributed by atoms with E-state index in [1.807, 2.05) is 11.0 Å². The Hall–Kier alpha value is -2.18. The van der Waals surface area contributed by atoms with Crippen molar-refractivity contribution in [2.24, 2.45) is 5.92 Å². The van der Waals surface area contributed by atoms with Crippen LogP contribution in [0.1, 0.15) is 39.4 Å². The Labute approximate surface area is 193 Å². The molecule has 0 unspecified atom stereocenters. The van der Waals surface area contributed by atoms with Crippen LogP contribution in [0.5, 0.6) is 0 Å². The van der Waals surface area contributed by atoms with Crippen LogP contribution in [0.4, 0.5) is 0 Å². The molecule has 1 aliphatic rings. The predicted molar refractivity (Wildman–Crippen MR) is 129 cm³/mol. The van der Waals surface area contributed by atoms with Gasteiger partial charge in [0.15, 0.2) is 0 Å². The van der Waals surface area contributed by atoms with Gasteiger partial charge in [-0.1, -0.05) is 28.1 Å². The van der Waals surface area contributed by atoms with Gasteiger partial charge in [0.25, 0.3) is 0 Å². The quantitative estimate of drug-likeness (QED) is 0.481. The predicted octanol–water partition coefficient (Wildman–Crippen LogP) is 5.26. The Kier molecular flexibility index (Phi) is 6.77. The molecule has 2 aromatic carbocycles. The number of para-hydroxylation sites is 2. The van der Waals surface area contributed by atoms with E-state index in [4.69, 9.17) is 4.98 Å². The monoisotopic (exact) mass is 482 g/mol. The largest absolute Gasteiger partial charge is 0.340 e. The van der Waals surface area contributed by atoms with Crippen molar-refractivity contribution in [1.82, 2.24) is 19.4 Å². The van der Waals surface area contributed by atoms with Gasteiger partial charge in [-0.3, -0.25) is 14.3 Å². The molecule has 0 radical (unpaired) electrons. The molecule has 1 saturated heterocycles. The summed E-state index contributed by atoms with van der Waals surface area (Å²) in [6, 6.07) is 17.0. The van der Waals surface area contributed by atoms with Crippen molar-refractivity contribution in [3.8, 4) is 5.69 Å². The minimum Gasteiger partial charge on any atom is -0.340 e. The molecule has 1 fully saturated rings. The van der Waals surface area contributed by atoms with E-state index < -0.39 is 0 Å². The van der Waals surface area contributed by atoms with E-state index in [-0.39, 0.29) is 12.0 Å². The normalized spacial score (nSPS) is 15.6. The second-order valence-electron chi connectivity index (χ2n) is 8.60. The summed E-state index contributed by atoms with van der Waals surface area (Å²) in [4.78, 5) is 22.3. The van der Waals surface area contributed by atoms with Crippen LogP contribution in [0.15, 0.2) is 53.0 Å². The van der Waals surface area contributed by atoms with Crippen LogP contribution in [0.25, 0.3) is 16.7 Å². The number of hydrogen-bond donors (Lipinski definition) is 0.